The van der Waals surface area contributed by atoms with Crippen molar-refractivity contribution in [3.8, 4) is 11.4 Å². The molecular weight excluding hydrogens is 400 g/mol. The lowest BCUT2D eigenvalue weighted by Gasteiger charge is -2.14. The van der Waals surface area contributed by atoms with Gasteiger partial charge in [0.05, 0.1) is 33.8 Å². The number of carbonyl (C=O) groups excluding carboxylic acids is 1. The van der Waals surface area contributed by atoms with Crippen LogP contribution in [0.3, 0.4) is 0 Å². The SMILES string of the molecule is COCCn1c(C)c(C)c(-c2nc3ccccc3[nH]2)c1NC(=O)c1ccccc1Cl. The third-order valence-electron chi connectivity index (χ3n) is 5.32. The Morgan fingerprint density at radius 2 is 1.90 bits per heavy atom. The van der Waals surface area contributed by atoms with Gasteiger partial charge < -0.3 is 19.6 Å². The van der Waals surface area contributed by atoms with Crippen LogP contribution in [0.1, 0.15) is 21.6 Å². The number of para-hydroxylation sites is 2. The molecule has 2 heterocycles. The third kappa shape index (κ3) is 3.60. The molecule has 30 heavy (non-hydrogen) atoms. The number of rotatable bonds is 6. The summed E-state index contributed by atoms with van der Waals surface area (Å²) in [7, 11) is 1.66. The minimum absolute atomic E-state index is 0.269. The Bertz CT molecular complexity index is 1190. The fraction of sp³-hybridized carbons (Fsp3) is 0.217. The Morgan fingerprint density at radius 3 is 2.63 bits per heavy atom. The van der Waals surface area contributed by atoms with Gasteiger partial charge in [-0.1, -0.05) is 35.9 Å². The second-order valence-corrected chi connectivity index (χ2v) is 7.52. The summed E-state index contributed by atoms with van der Waals surface area (Å²) < 4.78 is 7.34. The summed E-state index contributed by atoms with van der Waals surface area (Å²) in [5.41, 5.74) is 5.18. The van der Waals surface area contributed by atoms with E-state index in [0.29, 0.717) is 35.4 Å². The van der Waals surface area contributed by atoms with Gasteiger partial charge in [-0.15, -0.1) is 0 Å². The lowest BCUT2D eigenvalue weighted by molar-refractivity contribution is 0.102. The van der Waals surface area contributed by atoms with E-state index in [-0.39, 0.29) is 5.91 Å². The molecule has 0 saturated carbocycles. The Balaban J connectivity index is 1.85. The van der Waals surface area contributed by atoms with E-state index in [0.717, 1.165) is 27.9 Å². The smallest absolute Gasteiger partial charge is 0.258 e. The molecule has 0 aliphatic heterocycles. The Labute approximate surface area is 179 Å². The standard InChI is InChI=1S/C23H23ClN4O2/c1-14-15(2)28(12-13-30-3)22(27-23(29)16-8-4-5-9-17(16)24)20(14)21-25-18-10-6-7-11-19(18)26-21/h4-11H,12-13H2,1-3H3,(H,25,26)(H,27,29). The number of nitrogens with zero attached hydrogens (tertiary/aromatic N) is 2. The van der Waals surface area contributed by atoms with Gasteiger partial charge in [-0.2, -0.15) is 0 Å². The fourth-order valence-electron chi connectivity index (χ4n) is 3.64. The molecule has 0 aliphatic carbocycles. The van der Waals surface area contributed by atoms with Gasteiger partial charge >= 0.3 is 0 Å². The van der Waals surface area contributed by atoms with Crippen molar-refractivity contribution in [2.24, 2.45) is 0 Å². The molecule has 0 aliphatic rings. The normalized spacial score (nSPS) is 11.2. The van der Waals surface area contributed by atoms with Crippen molar-refractivity contribution in [3.63, 3.8) is 0 Å². The zero-order valence-electron chi connectivity index (χ0n) is 17.1. The number of hydrogen-bond donors (Lipinski definition) is 2. The monoisotopic (exact) mass is 422 g/mol. The number of halogens is 1. The number of amides is 1. The van der Waals surface area contributed by atoms with Crippen LogP contribution in [0, 0.1) is 13.8 Å². The molecule has 2 aromatic heterocycles. The van der Waals surface area contributed by atoms with Crippen LogP contribution in [0.4, 0.5) is 5.82 Å². The predicted octanol–water partition coefficient (Wildman–Crippen LogP) is 5.20. The number of imidazole rings is 1. The van der Waals surface area contributed by atoms with Gasteiger partial charge in [0, 0.05) is 19.3 Å². The lowest BCUT2D eigenvalue weighted by atomic mass is 10.1. The van der Waals surface area contributed by atoms with Gasteiger partial charge in [0.2, 0.25) is 0 Å². The van der Waals surface area contributed by atoms with Gasteiger partial charge in [0.25, 0.3) is 5.91 Å². The van der Waals surface area contributed by atoms with Gasteiger partial charge in [0.15, 0.2) is 0 Å². The van der Waals surface area contributed by atoms with Crippen LogP contribution in [0.15, 0.2) is 48.5 Å². The summed E-state index contributed by atoms with van der Waals surface area (Å²) in [6, 6.07) is 14.9. The van der Waals surface area contributed by atoms with Gasteiger partial charge in [-0.05, 0) is 43.7 Å². The average molecular weight is 423 g/mol. The number of H-pyrrole nitrogens is 1. The maximum Gasteiger partial charge on any atom is 0.258 e. The zero-order valence-corrected chi connectivity index (χ0v) is 17.9. The number of hydrogen-bond acceptors (Lipinski definition) is 3. The Morgan fingerprint density at radius 1 is 1.17 bits per heavy atom. The lowest BCUT2D eigenvalue weighted by Crippen LogP contribution is -2.18. The second-order valence-electron chi connectivity index (χ2n) is 7.11. The van der Waals surface area contributed by atoms with Crippen molar-refractivity contribution < 1.29 is 9.53 Å². The number of nitrogens with one attached hydrogen (secondary N) is 2. The summed E-state index contributed by atoms with van der Waals surface area (Å²) in [5.74, 6) is 1.11. The van der Waals surface area contributed by atoms with Gasteiger partial charge in [-0.25, -0.2) is 4.98 Å². The molecule has 1 amide bonds. The van der Waals surface area contributed by atoms with Crippen LogP contribution in [0.2, 0.25) is 5.02 Å². The van der Waals surface area contributed by atoms with E-state index < -0.39 is 0 Å². The highest BCUT2D eigenvalue weighted by molar-refractivity contribution is 6.34. The van der Waals surface area contributed by atoms with Crippen LogP contribution in [0.5, 0.6) is 0 Å². The molecule has 4 aromatic rings. The minimum atomic E-state index is -0.269. The number of fused-ring (bicyclic) bond motifs is 1. The third-order valence-corrected chi connectivity index (χ3v) is 5.65. The molecule has 2 aromatic carbocycles. The molecule has 0 fully saturated rings. The van der Waals surface area contributed by atoms with Crippen LogP contribution >= 0.6 is 11.6 Å². The van der Waals surface area contributed by atoms with Crippen LogP contribution in [0.25, 0.3) is 22.4 Å². The first kappa shape index (κ1) is 20.2. The van der Waals surface area contributed by atoms with E-state index in [2.05, 4.69) is 14.9 Å². The van der Waals surface area contributed by atoms with Crippen LogP contribution in [-0.2, 0) is 11.3 Å². The highest BCUT2D eigenvalue weighted by Crippen LogP contribution is 2.36. The first-order valence-corrected chi connectivity index (χ1v) is 10.1. The molecule has 4 rings (SSSR count). The number of methoxy groups -OCH3 is 1. The predicted molar refractivity (Wildman–Crippen MR) is 120 cm³/mol. The average Bonchev–Trinajstić information content (AvgIpc) is 3.26. The van der Waals surface area contributed by atoms with E-state index in [1.807, 2.05) is 38.1 Å². The van der Waals surface area contributed by atoms with Gasteiger partial charge in [-0.3, -0.25) is 4.79 Å². The number of benzene rings is 2. The summed E-state index contributed by atoms with van der Waals surface area (Å²) >= 11 is 6.25. The van der Waals surface area contributed by atoms with Crippen molar-refractivity contribution in [1.29, 1.82) is 0 Å². The van der Waals surface area contributed by atoms with Crippen molar-refractivity contribution in [3.05, 3.63) is 70.4 Å². The van der Waals surface area contributed by atoms with Gasteiger partial charge in [0.1, 0.15) is 11.6 Å². The summed E-state index contributed by atoms with van der Waals surface area (Å²) in [5, 5.41) is 3.48. The Kier molecular flexibility index (Phi) is 5.61. The molecule has 0 saturated heterocycles. The maximum absolute atomic E-state index is 13.1. The van der Waals surface area contributed by atoms with Crippen molar-refractivity contribution in [2.75, 3.05) is 19.0 Å². The molecule has 7 heteroatoms. The first-order chi connectivity index (χ1) is 14.5. The number of aromatic nitrogens is 3. The van der Waals surface area contributed by atoms with Crippen LogP contribution < -0.4 is 5.32 Å². The highest BCUT2D eigenvalue weighted by atomic mass is 35.5. The topological polar surface area (TPSA) is 71.9 Å². The highest BCUT2D eigenvalue weighted by Gasteiger charge is 2.24. The van der Waals surface area contributed by atoms with Crippen molar-refractivity contribution in [1.82, 2.24) is 14.5 Å². The Hall–Kier alpha value is -3.09. The molecule has 0 atom stereocenters. The second kappa shape index (κ2) is 8.34. The maximum atomic E-state index is 13.1. The van der Waals surface area contributed by atoms with Crippen LogP contribution in [-0.4, -0.2) is 34.2 Å². The van der Waals surface area contributed by atoms with E-state index in [1.54, 1.807) is 31.4 Å². The van der Waals surface area contributed by atoms with Crippen molar-refractivity contribution in [2.45, 2.75) is 20.4 Å². The number of ether oxygens (including phenoxy) is 1. The summed E-state index contributed by atoms with van der Waals surface area (Å²) in [6.07, 6.45) is 0. The number of aromatic amines is 1. The largest absolute Gasteiger partial charge is 0.383 e. The molecule has 0 spiro atoms. The number of carbonyl (C=O) groups is 1. The fourth-order valence-corrected chi connectivity index (χ4v) is 3.86. The van der Waals surface area contributed by atoms with E-state index in [4.69, 9.17) is 21.3 Å². The zero-order chi connectivity index (χ0) is 21.3. The summed E-state index contributed by atoms with van der Waals surface area (Å²) in [4.78, 5) is 21.2. The van der Waals surface area contributed by atoms with E-state index in [1.165, 1.54) is 0 Å². The molecule has 0 radical (unpaired) electrons. The molecular formula is C23H23ClN4O2. The first-order valence-electron chi connectivity index (χ1n) is 9.71. The molecule has 2 N–H and O–H groups in total. The van der Waals surface area contributed by atoms with E-state index in [9.17, 15) is 4.79 Å². The molecule has 0 unspecified atom stereocenters. The van der Waals surface area contributed by atoms with Crippen molar-refractivity contribution >= 4 is 34.4 Å². The quantitative estimate of drug-likeness (QED) is 0.448. The molecule has 0 bridgehead atoms. The molecule has 154 valence electrons. The summed E-state index contributed by atoms with van der Waals surface area (Å²) in [6.45, 7) is 5.18. The molecule has 6 nitrogen and oxygen atoms in total. The minimum Gasteiger partial charge on any atom is -0.383 e. The van der Waals surface area contributed by atoms with E-state index >= 15 is 0 Å². The number of anilines is 1.